The van der Waals surface area contributed by atoms with Crippen LogP contribution in [0.5, 0.6) is 0 Å². The molecule has 31 heavy (non-hydrogen) atoms. The number of nitrogens with one attached hydrogen (secondary N) is 1. The zero-order valence-electron chi connectivity index (χ0n) is 16.7. The van der Waals surface area contributed by atoms with Crippen LogP contribution in [0.2, 0.25) is 4.34 Å². The van der Waals surface area contributed by atoms with E-state index in [1.807, 2.05) is 29.6 Å². The zero-order valence-corrected chi connectivity index (χ0v) is 19.9. The lowest BCUT2D eigenvalue weighted by molar-refractivity contribution is 0.0629. The standard InChI is InChI=1S/C21H22ClN3O3S3/c22-20-7-6-18(30-20)15-24-8-10-25(11-9-24)21(26)16-3-1-5-19(13-16)31(27,28)23-14-17-4-2-12-29-17/h1-7,12-13,23H,8-11,14-15H2. The Labute approximate surface area is 195 Å². The van der Waals surface area contributed by atoms with Crippen LogP contribution in [0.3, 0.4) is 0 Å². The van der Waals surface area contributed by atoms with Crippen molar-refractivity contribution in [1.29, 1.82) is 0 Å². The van der Waals surface area contributed by atoms with Gasteiger partial charge in [-0.1, -0.05) is 23.7 Å². The summed E-state index contributed by atoms with van der Waals surface area (Å²) in [4.78, 5) is 19.3. The summed E-state index contributed by atoms with van der Waals surface area (Å²) in [6.45, 7) is 3.79. The number of carbonyl (C=O) groups is 1. The van der Waals surface area contributed by atoms with Crippen molar-refractivity contribution in [3.63, 3.8) is 0 Å². The number of carbonyl (C=O) groups excluding carboxylic acids is 1. The number of piperazine rings is 1. The highest BCUT2D eigenvalue weighted by Gasteiger charge is 2.24. The Bertz CT molecular complexity index is 1140. The van der Waals surface area contributed by atoms with Crippen LogP contribution in [0.15, 0.2) is 58.8 Å². The molecule has 1 amide bonds. The third kappa shape index (κ3) is 5.74. The molecule has 1 N–H and O–H groups in total. The van der Waals surface area contributed by atoms with E-state index in [0.29, 0.717) is 18.7 Å². The Morgan fingerprint density at radius 3 is 2.52 bits per heavy atom. The predicted molar refractivity (Wildman–Crippen MR) is 125 cm³/mol. The fourth-order valence-corrected chi connectivity index (χ4v) is 6.33. The second-order valence-electron chi connectivity index (χ2n) is 7.21. The molecule has 10 heteroatoms. The SMILES string of the molecule is O=C(c1cccc(S(=O)(=O)NCc2cccs2)c1)N1CCN(Cc2ccc(Cl)s2)CC1. The first-order valence-corrected chi connectivity index (χ1v) is 13.3. The number of benzene rings is 1. The molecule has 0 radical (unpaired) electrons. The first-order chi connectivity index (χ1) is 14.9. The molecular weight excluding hydrogens is 474 g/mol. The molecular formula is C21H22ClN3O3S3. The molecule has 1 aromatic carbocycles. The molecule has 0 saturated carbocycles. The number of halogens is 1. The van der Waals surface area contributed by atoms with E-state index in [4.69, 9.17) is 11.6 Å². The fraction of sp³-hybridized carbons (Fsp3) is 0.286. The number of rotatable bonds is 7. The van der Waals surface area contributed by atoms with Crippen LogP contribution in [0.25, 0.3) is 0 Å². The summed E-state index contributed by atoms with van der Waals surface area (Å²) in [5.41, 5.74) is 0.387. The third-order valence-corrected chi connectivity index (χ3v) is 8.57. The first kappa shape index (κ1) is 22.4. The summed E-state index contributed by atoms with van der Waals surface area (Å²) >= 11 is 9.06. The fourth-order valence-electron chi connectivity index (χ4n) is 3.41. The number of hydrogen-bond donors (Lipinski definition) is 1. The molecule has 164 valence electrons. The van der Waals surface area contributed by atoms with Gasteiger partial charge < -0.3 is 4.90 Å². The van der Waals surface area contributed by atoms with Gasteiger partial charge in [-0.3, -0.25) is 9.69 Å². The van der Waals surface area contributed by atoms with Crippen molar-refractivity contribution in [2.24, 2.45) is 0 Å². The van der Waals surface area contributed by atoms with E-state index in [0.717, 1.165) is 28.8 Å². The van der Waals surface area contributed by atoms with Gasteiger partial charge in [0.15, 0.2) is 0 Å². The summed E-state index contributed by atoms with van der Waals surface area (Å²) in [6, 6.07) is 13.9. The minimum absolute atomic E-state index is 0.100. The number of thiophene rings is 2. The monoisotopic (exact) mass is 495 g/mol. The van der Waals surface area contributed by atoms with Crippen molar-refractivity contribution in [1.82, 2.24) is 14.5 Å². The van der Waals surface area contributed by atoms with E-state index in [9.17, 15) is 13.2 Å². The minimum atomic E-state index is -3.70. The van der Waals surface area contributed by atoms with E-state index in [2.05, 4.69) is 9.62 Å². The van der Waals surface area contributed by atoms with Crippen molar-refractivity contribution in [3.05, 3.63) is 73.6 Å². The molecule has 0 aliphatic carbocycles. The smallest absolute Gasteiger partial charge is 0.253 e. The van der Waals surface area contributed by atoms with Gasteiger partial charge in [0.05, 0.1) is 9.23 Å². The molecule has 3 aromatic rings. The number of hydrogen-bond acceptors (Lipinski definition) is 6. The Balaban J connectivity index is 1.37. The number of sulfonamides is 1. The van der Waals surface area contributed by atoms with Crippen LogP contribution in [0, 0.1) is 0 Å². The normalized spacial score (nSPS) is 15.3. The largest absolute Gasteiger partial charge is 0.336 e. The van der Waals surface area contributed by atoms with Crippen LogP contribution >= 0.6 is 34.3 Å². The van der Waals surface area contributed by atoms with Crippen LogP contribution < -0.4 is 4.72 Å². The minimum Gasteiger partial charge on any atom is -0.336 e. The summed E-state index contributed by atoms with van der Waals surface area (Å²) in [5.74, 6) is -0.144. The van der Waals surface area contributed by atoms with E-state index < -0.39 is 10.0 Å². The molecule has 1 fully saturated rings. The van der Waals surface area contributed by atoms with Gasteiger partial charge in [-0.2, -0.15) is 0 Å². The maximum Gasteiger partial charge on any atom is 0.253 e. The Morgan fingerprint density at radius 2 is 1.84 bits per heavy atom. The van der Waals surface area contributed by atoms with Gasteiger partial charge in [-0.15, -0.1) is 22.7 Å². The summed E-state index contributed by atoms with van der Waals surface area (Å²) in [6.07, 6.45) is 0. The molecule has 6 nitrogen and oxygen atoms in total. The topological polar surface area (TPSA) is 69.7 Å². The molecule has 1 aliphatic heterocycles. The van der Waals surface area contributed by atoms with Crippen LogP contribution in [0.4, 0.5) is 0 Å². The quantitative estimate of drug-likeness (QED) is 0.539. The molecule has 0 unspecified atom stereocenters. The third-order valence-electron chi connectivity index (χ3n) is 5.08. The van der Waals surface area contributed by atoms with E-state index in [1.165, 1.54) is 28.3 Å². The second-order valence-corrected chi connectivity index (χ2v) is 11.8. The van der Waals surface area contributed by atoms with Crippen molar-refractivity contribution in [2.75, 3.05) is 26.2 Å². The highest BCUT2D eigenvalue weighted by Crippen LogP contribution is 2.23. The van der Waals surface area contributed by atoms with Gasteiger partial charge in [0, 0.05) is 54.6 Å². The van der Waals surface area contributed by atoms with Gasteiger partial charge in [0.2, 0.25) is 10.0 Å². The molecule has 2 aromatic heterocycles. The van der Waals surface area contributed by atoms with Crippen molar-refractivity contribution in [2.45, 2.75) is 18.0 Å². The van der Waals surface area contributed by atoms with Gasteiger partial charge in [0.1, 0.15) is 0 Å². The van der Waals surface area contributed by atoms with Gasteiger partial charge in [0.25, 0.3) is 5.91 Å². The maximum absolute atomic E-state index is 13.0. The zero-order chi connectivity index (χ0) is 21.8. The highest BCUT2D eigenvalue weighted by molar-refractivity contribution is 7.89. The second kappa shape index (κ2) is 9.81. The molecule has 4 rings (SSSR count). The average molecular weight is 496 g/mol. The van der Waals surface area contributed by atoms with E-state index in [1.54, 1.807) is 28.4 Å². The van der Waals surface area contributed by atoms with Gasteiger partial charge in [-0.05, 0) is 41.8 Å². The first-order valence-electron chi connectivity index (χ1n) is 9.79. The molecule has 1 aliphatic rings. The van der Waals surface area contributed by atoms with Crippen molar-refractivity contribution in [3.8, 4) is 0 Å². The Morgan fingerprint density at radius 1 is 1.03 bits per heavy atom. The summed E-state index contributed by atoms with van der Waals surface area (Å²) in [7, 11) is -3.70. The predicted octanol–water partition coefficient (Wildman–Crippen LogP) is 3.90. The summed E-state index contributed by atoms with van der Waals surface area (Å²) < 4.78 is 28.7. The van der Waals surface area contributed by atoms with Crippen LogP contribution in [0.1, 0.15) is 20.1 Å². The van der Waals surface area contributed by atoms with Gasteiger partial charge >= 0.3 is 0 Å². The van der Waals surface area contributed by atoms with Crippen LogP contribution in [-0.2, 0) is 23.1 Å². The van der Waals surface area contributed by atoms with E-state index >= 15 is 0 Å². The number of amides is 1. The van der Waals surface area contributed by atoms with E-state index in [-0.39, 0.29) is 17.3 Å². The molecule has 0 spiro atoms. The lowest BCUT2D eigenvalue weighted by Gasteiger charge is -2.34. The molecule has 3 heterocycles. The molecule has 0 atom stereocenters. The van der Waals surface area contributed by atoms with Crippen molar-refractivity contribution < 1.29 is 13.2 Å². The Hall–Kier alpha value is -1.75. The molecule has 0 bridgehead atoms. The van der Waals surface area contributed by atoms with Crippen molar-refractivity contribution >= 4 is 50.2 Å². The average Bonchev–Trinajstić information content (AvgIpc) is 3.44. The molecule has 1 saturated heterocycles. The summed E-state index contributed by atoms with van der Waals surface area (Å²) in [5, 5.41) is 1.90. The highest BCUT2D eigenvalue weighted by atomic mass is 35.5. The Kier molecular flexibility index (Phi) is 7.10. The number of nitrogens with zero attached hydrogens (tertiary/aromatic N) is 2. The lowest BCUT2D eigenvalue weighted by Crippen LogP contribution is -2.48. The van der Waals surface area contributed by atoms with Gasteiger partial charge in [-0.25, -0.2) is 13.1 Å². The lowest BCUT2D eigenvalue weighted by atomic mass is 10.2. The maximum atomic E-state index is 13.0. The van der Waals surface area contributed by atoms with Crippen LogP contribution in [-0.4, -0.2) is 50.3 Å².